The molecule has 0 saturated carbocycles. The Hall–Kier alpha value is -3.49. The normalized spacial score (nSPS) is 14.3. The molecule has 3 aromatic rings. The van der Waals surface area contributed by atoms with Crippen LogP contribution in [-0.4, -0.2) is 69.2 Å². The van der Waals surface area contributed by atoms with Crippen LogP contribution in [0.15, 0.2) is 36.8 Å². The van der Waals surface area contributed by atoms with Gasteiger partial charge in [0.05, 0.1) is 18.1 Å². The molecule has 0 spiro atoms. The number of anilines is 1. The first-order valence-electron chi connectivity index (χ1n) is 9.53. The second-order valence-electron chi connectivity index (χ2n) is 7.12. The van der Waals surface area contributed by atoms with Crippen LogP contribution >= 0.6 is 0 Å². The van der Waals surface area contributed by atoms with E-state index in [-0.39, 0.29) is 18.4 Å². The van der Waals surface area contributed by atoms with E-state index >= 15 is 0 Å². The number of rotatable bonds is 4. The molecular weight excluding hydrogens is 370 g/mol. The van der Waals surface area contributed by atoms with Crippen molar-refractivity contribution in [3.63, 3.8) is 0 Å². The Morgan fingerprint density at radius 1 is 1.07 bits per heavy atom. The molecule has 2 aromatic heterocycles. The van der Waals surface area contributed by atoms with E-state index in [9.17, 15) is 9.59 Å². The molecular formula is C20H23N7O2. The zero-order valence-electron chi connectivity index (χ0n) is 16.5. The molecule has 29 heavy (non-hydrogen) atoms. The summed E-state index contributed by atoms with van der Waals surface area (Å²) in [6, 6.07) is 7.27. The fraction of sp³-hybridized carbons (Fsp3) is 0.350. The minimum Gasteiger partial charge on any atom is -0.352 e. The molecule has 1 aliphatic rings. The van der Waals surface area contributed by atoms with Crippen LogP contribution in [0.4, 0.5) is 5.82 Å². The summed E-state index contributed by atoms with van der Waals surface area (Å²) >= 11 is 0. The summed E-state index contributed by atoms with van der Waals surface area (Å²) in [7, 11) is 1.85. The number of carbonyl (C=O) groups is 2. The van der Waals surface area contributed by atoms with Crippen molar-refractivity contribution in [1.82, 2.24) is 30.0 Å². The summed E-state index contributed by atoms with van der Waals surface area (Å²) in [4.78, 5) is 37.3. The van der Waals surface area contributed by atoms with Gasteiger partial charge in [-0.2, -0.15) is 5.10 Å². The number of piperazine rings is 1. The topological polar surface area (TPSA) is 96.2 Å². The van der Waals surface area contributed by atoms with Crippen LogP contribution < -0.4 is 10.2 Å². The Morgan fingerprint density at radius 3 is 2.52 bits per heavy atom. The molecule has 0 unspecified atom stereocenters. The lowest BCUT2D eigenvalue weighted by molar-refractivity contribution is -0.130. The van der Waals surface area contributed by atoms with E-state index in [1.807, 2.05) is 26.1 Å². The molecule has 0 atom stereocenters. The van der Waals surface area contributed by atoms with Crippen molar-refractivity contribution in [2.75, 3.05) is 37.6 Å². The average Bonchev–Trinajstić information content (AvgIpc) is 3.13. The second kappa shape index (κ2) is 7.86. The van der Waals surface area contributed by atoms with Gasteiger partial charge < -0.3 is 15.1 Å². The number of hydrogen-bond acceptors (Lipinski definition) is 6. The standard InChI is InChI=1S/C20H23N7O2/c1-14-3-5-15(6-4-14)20(29)21-12-17(28)26-7-9-27(10-8-26)19-16-11-24-25(2)18(16)22-13-23-19/h3-6,11,13H,7-10,12H2,1-2H3,(H,21,29). The van der Waals surface area contributed by atoms with Gasteiger partial charge in [0.15, 0.2) is 5.65 Å². The molecule has 9 nitrogen and oxygen atoms in total. The summed E-state index contributed by atoms with van der Waals surface area (Å²) in [5.41, 5.74) is 2.42. The first kappa shape index (κ1) is 18.9. The van der Waals surface area contributed by atoms with E-state index in [2.05, 4.69) is 25.3 Å². The fourth-order valence-electron chi connectivity index (χ4n) is 3.44. The summed E-state index contributed by atoms with van der Waals surface area (Å²) in [5, 5.41) is 7.86. The molecule has 1 aliphatic heterocycles. The average molecular weight is 393 g/mol. The van der Waals surface area contributed by atoms with Crippen LogP contribution in [0.5, 0.6) is 0 Å². The molecule has 0 aliphatic carbocycles. The number of aryl methyl sites for hydroxylation is 2. The van der Waals surface area contributed by atoms with Crippen molar-refractivity contribution in [3.8, 4) is 0 Å². The Balaban J connectivity index is 1.32. The van der Waals surface area contributed by atoms with Crippen molar-refractivity contribution in [1.29, 1.82) is 0 Å². The van der Waals surface area contributed by atoms with Crippen LogP contribution in [-0.2, 0) is 11.8 Å². The van der Waals surface area contributed by atoms with Crippen LogP contribution in [0.1, 0.15) is 15.9 Å². The zero-order chi connectivity index (χ0) is 20.4. The Kier molecular flexibility index (Phi) is 5.11. The number of aromatic nitrogens is 4. The van der Waals surface area contributed by atoms with Gasteiger partial charge in [-0.1, -0.05) is 17.7 Å². The summed E-state index contributed by atoms with van der Waals surface area (Å²) in [6.45, 7) is 4.44. The number of nitrogens with zero attached hydrogens (tertiary/aromatic N) is 6. The Labute approximate surface area is 168 Å². The van der Waals surface area contributed by atoms with E-state index < -0.39 is 0 Å². The predicted octanol–water partition coefficient (Wildman–Crippen LogP) is 0.750. The highest BCUT2D eigenvalue weighted by molar-refractivity contribution is 5.96. The van der Waals surface area contributed by atoms with E-state index in [4.69, 9.17) is 0 Å². The van der Waals surface area contributed by atoms with Crippen molar-refractivity contribution < 1.29 is 9.59 Å². The van der Waals surface area contributed by atoms with Gasteiger partial charge in [0.25, 0.3) is 5.91 Å². The summed E-state index contributed by atoms with van der Waals surface area (Å²) in [5.74, 6) is 0.513. The lowest BCUT2D eigenvalue weighted by Crippen LogP contribution is -2.51. The van der Waals surface area contributed by atoms with Gasteiger partial charge in [-0.05, 0) is 19.1 Å². The van der Waals surface area contributed by atoms with Gasteiger partial charge in [-0.25, -0.2) is 9.97 Å². The van der Waals surface area contributed by atoms with Gasteiger partial charge in [0.1, 0.15) is 12.1 Å². The second-order valence-corrected chi connectivity index (χ2v) is 7.12. The van der Waals surface area contributed by atoms with E-state index in [1.165, 1.54) is 6.33 Å². The van der Waals surface area contributed by atoms with E-state index in [1.54, 1.807) is 27.9 Å². The first-order valence-corrected chi connectivity index (χ1v) is 9.53. The largest absolute Gasteiger partial charge is 0.352 e. The molecule has 1 saturated heterocycles. The third-order valence-electron chi connectivity index (χ3n) is 5.15. The number of benzene rings is 1. The smallest absolute Gasteiger partial charge is 0.251 e. The molecule has 4 rings (SSSR count). The maximum Gasteiger partial charge on any atom is 0.251 e. The van der Waals surface area contributed by atoms with Gasteiger partial charge in [0, 0.05) is 38.8 Å². The SMILES string of the molecule is Cc1ccc(C(=O)NCC(=O)N2CCN(c3ncnc4c3cnn4C)CC2)cc1. The highest BCUT2D eigenvalue weighted by Gasteiger charge is 2.24. The van der Waals surface area contributed by atoms with Gasteiger partial charge in [-0.3, -0.25) is 14.3 Å². The van der Waals surface area contributed by atoms with Gasteiger partial charge in [0.2, 0.25) is 5.91 Å². The van der Waals surface area contributed by atoms with Crippen LogP contribution in [0.3, 0.4) is 0 Å². The number of nitrogens with one attached hydrogen (secondary N) is 1. The minimum atomic E-state index is -0.239. The summed E-state index contributed by atoms with van der Waals surface area (Å²) < 4.78 is 1.72. The lowest BCUT2D eigenvalue weighted by atomic mass is 10.1. The quantitative estimate of drug-likeness (QED) is 0.703. The zero-order valence-corrected chi connectivity index (χ0v) is 16.5. The Bertz CT molecular complexity index is 1040. The third kappa shape index (κ3) is 3.89. The highest BCUT2D eigenvalue weighted by atomic mass is 16.2. The molecule has 0 radical (unpaired) electrons. The number of fused-ring (bicyclic) bond motifs is 1. The van der Waals surface area contributed by atoms with Crippen molar-refractivity contribution in [2.24, 2.45) is 7.05 Å². The molecule has 9 heteroatoms. The van der Waals surface area contributed by atoms with Gasteiger partial charge in [-0.15, -0.1) is 0 Å². The maximum atomic E-state index is 12.5. The Morgan fingerprint density at radius 2 is 1.79 bits per heavy atom. The third-order valence-corrected chi connectivity index (χ3v) is 5.15. The van der Waals surface area contributed by atoms with E-state index in [0.29, 0.717) is 31.7 Å². The van der Waals surface area contributed by atoms with E-state index in [0.717, 1.165) is 22.4 Å². The lowest BCUT2D eigenvalue weighted by Gasteiger charge is -2.35. The molecule has 150 valence electrons. The predicted molar refractivity (Wildman–Crippen MR) is 109 cm³/mol. The van der Waals surface area contributed by atoms with Gasteiger partial charge >= 0.3 is 0 Å². The highest BCUT2D eigenvalue weighted by Crippen LogP contribution is 2.23. The molecule has 1 fully saturated rings. The molecule has 1 aromatic carbocycles. The minimum absolute atomic E-state index is 0.00688. The number of amides is 2. The maximum absolute atomic E-state index is 12.5. The van der Waals surface area contributed by atoms with Crippen molar-refractivity contribution in [2.45, 2.75) is 6.92 Å². The van der Waals surface area contributed by atoms with Crippen molar-refractivity contribution in [3.05, 3.63) is 47.9 Å². The number of hydrogen-bond donors (Lipinski definition) is 1. The molecule has 2 amide bonds. The first-order chi connectivity index (χ1) is 14.0. The van der Waals surface area contributed by atoms with Crippen molar-refractivity contribution >= 4 is 28.7 Å². The monoisotopic (exact) mass is 393 g/mol. The number of carbonyl (C=O) groups excluding carboxylic acids is 2. The molecule has 1 N–H and O–H groups in total. The fourth-order valence-corrected chi connectivity index (χ4v) is 3.44. The van der Waals surface area contributed by atoms with Crippen LogP contribution in [0, 0.1) is 6.92 Å². The van der Waals surface area contributed by atoms with Crippen LogP contribution in [0.2, 0.25) is 0 Å². The summed E-state index contributed by atoms with van der Waals surface area (Å²) in [6.07, 6.45) is 3.31. The molecule has 3 heterocycles. The van der Waals surface area contributed by atoms with Crippen LogP contribution in [0.25, 0.3) is 11.0 Å². The molecule has 0 bridgehead atoms.